The van der Waals surface area contributed by atoms with Crippen LogP contribution in [0.2, 0.25) is 0 Å². The van der Waals surface area contributed by atoms with Crippen LogP contribution in [0.4, 0.5) is 4.79 Å². The van der Waals surface area contributed by atoms with Crippen molar-refractivity contribution < 1.29 is 14.3 Å². The molecule has 0 aromatic carbocycles. The van der Waals surface area contributed by atoms with E-state index in [-0.39, 0.29) is 5.91 Å². The van der Waals surface area contributed by atoms with E-state index in [1.54, 1.807) is 0 Å². The highest BCUT2D eigenvalue weighted by atomic mass is 16.5. The molecule has 2 atom stereocenters. The molecule has 0 saturated carbocycles. The number of methoxy groups -OCH3 is 1. The van der Waals surface area contributed by atoms with E-state index in [4.69, 9.17) is 0 Å². The van der Waals surface area contributed by atoms with Crippen molar-refractivity contribution in [1.82, 2.24) is 10.2 Å². The van der Waals surface area contributed by atoms with Gasteiger partial charge in [-0.15, -0.1) is 0 Å². The predicted octanol–water partition coefficient (Wildman–Crippen LogP) is 0.886. The van der Waals surface area contributed by atoms with Crippen LogP contribution in [0.25, 0.3) is 0 Å². The molecular formula is C11H18N2O3. The van der Waals surface area contributed by atoms with Gasteiger partial charge in [0.05, 0.1) is 7.11 Å². The minimum absolute atomic E-state index is 0.0606. The fraction of sp³-hybridized carbons (Fsp3) is 0.818. The van der Waals surface area contributed by atoms with E-state index in [0.29, 0.717) is 6.04 Å². The number of alkyl carbamates (subject to hydrolysis) is 1. The summed E-state index contributed by atoms with van der Waals surface area (Å²) >= 11 is 0. The van der Waals surface area contributed by atoms with Crippen molar-refractivity contribution in [2.75, 3.05) is 13.7 Å². The first-order chi connectivity index (χ1) is 7.72. The molecule has 5 nitrogen and oxygen atoms in total. The summed E-state index contributed by atoms with van der Waals surface area (Å²) in [5.41, 5.74) is 0. The minimum atomic E-state index is -0.518. The van der Waals surface area contributed by atoms with Gasteiger partial charge >= 0.3 is 6.09 Å². The van der Waals surface area contributed by atoms with Crippen LogP contribution in [0.15, 0.2) is 0 Å². The highest BCUT2D eigenvalue weighted by molar-refractivity contribution is 5.86. The molecule has 0 radical (unpaired) electrons. The lowest BCUT2D eigenvalue weighted by Crippen LogP contribution is -2.48. The van der Waals surface area contributed by atoms with Gasteiger partial charge in [0.15, 0.2) is 0 Å². The minimum Gasteiger partial charge on any atom is -0.453 e. The number of hydrogen-bond donors (Lipinski definition) is 1. The third-order valence-corrected chi connectivity index (χ3v) is 3.47. The van der Waals surface area contributed by atoms with E-state index in [1.807, 2.05) is 4.90 Å². The third kappa shape index (κ3) is 2.13. The first-order valence-corrected chi connectivity index (χ1v) is 5.87. The van der Waals surface area contributed by atoms with Gasteiger partial charge in [0.1, 0.15) is 6.04 Å². The Kier molecular flexibility index (Phi) is 3.31. The van der Waals surface area contributed by atoms with Crippen molar-refractivity contribution in [3.63, 3.8) is 0 Å². The second-order valence-corrected chi connectivity index (χ2v) is 4.45. The zero-order valence-electron chi connectivity index (χ0n) is 9.57. The number of amides is 2. The standard InChI is InChI=1S/C11H18N2O3/c1-16-11(15)12-9-6-2-4-8-5-3-7-13(8)10(9)14/h8-9H,2-7H2,1H3,(H,12,15)/t8-,9+/m1/s1. The fourth-order valence-electron chi connectivity index (χ4n) is 2.64. The van der Waals surface area contributed by atoms with E-state index in [0.717, 1.165) is 38.6 Å². The lowest BCUT2D eigenvalue weighted by Gasteiger charge is -2.24. The summed E-state index contributed by atoms with van der Waals surface area (Å²) in [4.78, 5) is 25.2. The van der Waals surface area contributed by atoms with Gasteiger partial charge in [-0.25, -0.2) is 4.79 Å². The Morgan fingerprint density at radius 3 is 2.88 bits per heavy atom. The smallest absolute Gasteiger partial charge is 0.407 e. The van der Waals surface area contributed by atoms with Crippen LogP contribution >= 0.6 is 0 Å². The summed E-state index contributed by atoms with van der Waals surface area (Å²) in [6.07, 6.45) is 4.45. The summed E-state index contributed by atoms with van der Waals surface area (Å²) in [7, 11) is 1.31. The SMILES string of the molecule is COC(=O)N[C@H]1CCC[C@@H]2CCCN2C1=O. The number of fused-ring (bicyclic) bond motifs is 1. The summed E-state index contributed by atoms with van der Waals surface area (Å²) in [6, 6.07) is 0.00694. The van der Waals surface area contributed by atoms with Crippen molar-refractivity contribution in [2.24, 2.45) is 0 Å². The van der Waals surface area contributed by atoms with Gasteiger partial charge in [0.2, 0.25) is 5.91 Å². The Bertz CT molecular complexity index is 293. The van der Waals surface area contributed by atoms with Crippen molar-refractivity contribution in [3.8, 4) is 0 Å². The maximum absolute atomic E-state index is 12.1. The fourth-order valence-corrected chi connectivity index (χ4v) is 2.64. The van der Waals surface area contributed by atoms with Gasteiger partial charge in [-0.3, -0.25) is 4.79 Å². The lowest BCUT2D eigenvalue weighted by atomic mass is 10.1. The second kappa shape index (κ2) is 4.72. The van der Waals surface area contributed by atoms with E-state index >= 15 is 0 Å². The second-order valence-electron chi connectivity index (χ2n) is 4.45. The quantitative estimate of drug-likeness (QED) is 0.722. The first kappa shape index (κ1) is 11.2. The molecule has 2 aliphatic heterocycles. The van der Waals surface area contributed by atoms with Crippen molar-refractivity contribution >= 4 is 12.0 Å². The molecule has 0 unspecified atom stereocenters. The molecule has 2 aliphatic rings. The van der Waals surface area contributed by atoms with Gasteiger partial charge in [-0.1, -0.05) is 0 Å². The number of nitrogens with zero attached hydrogens (tertiary/aromatic N) is 1. The van der Waals surface area contributed by atoms with Crippen LogP contribution in [0.1, 0.15) is 32.1 Å². The first-order valence-electron chi connectivity index (χ1n) is 5.87. The average molecular weight is 226 g/mol. The molecule has 2 heterocycles. The van der Waals surface area contributed by atoms with Crippen LogP contribution in [-0.2, 0) is 9.53 Å². The summed E-state index contributed by atoms with van der Waals surface area (Å²) in [6.45, 7) is 0.836. The van der Waals surface area contributed by atoms with Crippen molar-refractivity contribution in [3.05, 3.63) is 0 Å². The molecule has 2 rings (SSSR count). The van der Waals surface area contributed by atoms with Crippen LogP contribution in [0, 0.1) is 0 Å². The Hall–Kier alpha value is -1.26. The normalized spacial score (nSPS) is 29.6. The highest BCUT2D eigenvalue weighted by Gasteiger charge is 2.36. The van der Waals surface area contributed by atoms with Gasteiger partial charge in [0.25, 0.3) is 0 Å². The average Bonchev–Trinajstić information content (AvgIpc) is 2.69. The molecule has 90 valence electrons. The molecule has 5 heteroatoms. The molecule has 1 N–H and O–H groups in total. The topological polar surface area (TPSA) is 58.6 Å². The zero-order valence-corrected chi connectivity index (χ0v) is 9.57. The van der Waals surface area contributed by atoms with Crippen LogP contribution in [-0.4, -0.2) is 42.6 Å². The van der Waals surface area contributed by atoms with Gasteiger partial charge < -0.3 is 15.0 Å². The summed E-state index contributed by atoms with van der Waals surface area (Å²) < 4.78 is 4.53. The predicted molar refractivity (Wildman–Crippen MR) is 57.9 cm³/mol. The van der Waals surface area contributed by atoms with E-state index in [1.165, 1.54) is 7.11 Å². The molecule has 2 amide bonds. The summed E-state index contributed by atoms with van der Waals surface area (Å²) in [5.74, 6) is 0.0606. The lowest BCUT2D eigenvalue weighted by molar-refractivity contribution is -0.133. The Labute approximate surface area is 95.1 Å². The largest absolute Gasteiger partial charge is 0.453 e. The molecular weight excluding hydrogens is 208 g/mol. The molecule has 2 fully saturated rings. The van der Waals surface area contributed by atoms with E-state index < -0.39 is 12.1 Å². The van der Waals surface area contributed by atoms with Gasteiger partial charge in [0, 0.05) is 12.6 Å². The number of carbonyl (C=O) groups excluding carboxylic acids is 2. The third-order valence-electron chi connectivity index (χ3n) is 3.47. The monoisotopic (exact) mass is 226 g/mol. The van der Waals surface area contributed by atoms with Crippen molar-refractivity contribution in [1.29, 1.82) is 0 Å². The molecule has 0 aromatic rings. The van der Waals surface area contributed by atoms with E-state index in [9.17, 15) is 9.59 Å². The molecule has 0 aliphatic carbocycles. The summed E-state index contributed by atoms with van der Waals surface area (Å²) in [5, 5.41) is 2.62. The Morgan fingerprint density at radius 2 is 2.12 bits per heavy atom. The number of carbonyl (C=O) groups is 2. The van der Waals surface area contributed by atoms with Crippen molar-refractivity contribution in [2.45, 2.75) is 44.2 Å². The molecule has 0 spiro atoms. The number of nitrogens with one attached hydrogen (secondary N) is 1. The van der Waals surface area contributed by atoms with Gasteiger partial charge in [-0.05, 0) is 32.1 Å². The molecule has 2 saturated heterocycles. The van der Waals surface area contributed by atoms with Crippen LogP contribution < -0.4 is 5.32 Å². The Balaban J connectivity index is 2.03. The molecule has 16 heavy (non-hydrogen) atoms. The number of ether oxygens (including phenoxy) is 1. The van der Waals surface area contributed by atoms with Crippen LogP contribution in [0.3, 0.4) is 0 Å². The van der Waals surface area contributed by atoms with Gasteiger partial charge in [-0.2, -0.15) is 0 Å². The zero-order chi connectivity index (χ0) is 11.5. The molecule has 0 bridgehead atoms. The number of hydrogen-bond acceptors (Lipinski definition) is 3. The Morgan fingerprint density at radius 1 is 1.38 bits per heavy atom. The van der Waals surface area contributed by atoms with E-state index in [2.05, 4.69) is 10.1 Å². The molecule has 0 aromatic heterocycles. The maximum atomic E-state index is 12.1. The number of rotatable bonds is 1. The maximum Gasteiger partial charge on any atom is 0.407 e. The van der Waals surface area contributed by atoms with Crippen LogP contribution in [0.5, 0.6) is 0 Å². The highest BCUT2D eigenvalue weighted by Crippen LogP contribution is 2.26.